The first kappa shape index (κ1) is 31.7. The number of para-hydroxylation sites is 1. The van der Waals surface area contributed by atoms with Crippen LogP contribution in [0.25, 0.3) is 0 Å². The molecule has 0 saturated carbocycles. The van der Waals surface area contributed by atoms with Gasteiger partial charge in [0.1, 0.15) is 6.54 Å². The van der Waals surface area contributed by atoms with Crippen molar-refractivity contribution in [1.82, 2.24) is 4.90 Å². The van der Waals surface area contributed by atoms with Gasteiger partial charge in [0.05, 0.1) is 41.6 Å². The molecule has 43 heavy (non-hydrogen) atoms. The van der Waals surface area contributed by atoms with Gasteiger partial charge in [0.25, 0.3) is 15.9 Å². The highest BCUT2D eigenvalue weighted by atomic mass is 32.2. The Bertz CT molecular complexity index is 1570. The Morgan fingerprint density at radius 1 is 0.884 bits per heavy atom. The summed E-state index contributed by atoms with van der Waals surface area (Å²) >= 11 is 0. The summed E-state index contributed by atoms with van der Waals surface area (Å²) in [6.07, 6.45) is -1.01. The molecule has 1 aliphatic rings. The van der Waals surface area contributed by atoms with Gasteiger partial charge in [-0.1, -0.05) is 31.0 Å². The summed E-state index contributed by atoms with van der Waals surface area (Å²) in [5.74, 6) is -0.837. The summed E-state index contributed by atoms with van der Waals surface area (Å²) in [6, 6.07) is 13.7. The Balaban J connectivity index is 1.69. The minimum absolute atomic E-state index is 0.0676. The number of ether oxygens (including phenoxy) is 2. The first-order chi connectivity index (χ1) is 20.5. The number of rotatable bonds is 9. The standard InChI is InChI=1S/C30H32F3N3O6S/c1-41-26-15-14-23(19-27(26)42-2)43(39,40)36(22-11-9-10-21(18-22)30(31,32)33)20-28(37)34-25-13-6-5-12-24(25)29(38)35-16-7-3-4-8-17-35/h5-6,9-15,18-19H,3-4,7-8,16-17,20H2,1-2H3,(H,34,37). The summed E-state index contributed by atoms with van der Waals surface area (Å²) in [5.41, 5.74) is -1.08. The third-order valence-corrected chi connectivity index (χ3v) is 8.79. The number of hydrogen-bond donors (Lipinski definition) is 1. The van der Waals surface area contributed by atoms with Crippen molar-refractivity contribution in [2.45, 2.75) is 36.8 Å². The third-order valence-electron chi connectivity index (χ3n) is 7.02. The predicted molar refractivity (Wildman–Crippen MR) is 155 cm³/mol. The number of alkyl halides is 3. The molecule has 1 fully saturated rings. The fraction of sp³-hybridized carbons (Fsp3) is 0.333. The van der Waals surface area contributed by atoms with Gasteiger partial charge in [0.15, 0.2) is 11.5 Å². The lowest BCUT2D eigenvalue weighted by Gasteiger charge is -2.26. The van der Waals surface area contributed by atoms with E-state index in [9.17, 15) is 31.2 Å². The SMILES string of the molecule is COc1ccc(S(=O)(=O)N(CC(=O)Nc2ccccc2C(=O)N2CCCCCC2)c2cccc(C(F)(F)F)c2)cc1OC. The monoisotopic (exact) mass is 619 g/mol. The minimum atomic E-state index is -4.76. The van der Waals surface area contributed by atoms with Crippen LogP contribution < -0.4 is 19.1 Å². The van der Waals surface area contributed by atoms with Crippen molar-refractivity contribution in [3.05, 3.63) is 77.9 Å². The molecule has 3 aromatic carbocycles. The van der Waals surface area contributed by atoms with Gasteiger partial charge in [-0.15, -0.1) is 0 Å². The Morgan fingerprint density at radius 2 is 1.56 bits per heavy atom. The van der Waals surface area contributed by atoms with Gasteiger partial charge >= 0.3 is 6.18 Å². The molecular formula is C30H32F3N3O6S. The van der Waals surface area contributed by atoms with E-state index in [1.165, 1.54) is 32.4 Å². The number of sulfonamides is 1. The number of anilines is 2. The van der Waals surface area contributed by atoms with E-state index >= 15 is 0 Å². The number of halogens is 3. The van der Waals surface area contributed by atoms with E-state index in [0.717, 1.165) is 49.9 Å². The topological polar surface area (TPSA) is 105 Å². The van der Waals surface area contributed by atoms with E-state index in [1.54, 1.807) is 23.1 Å². The molecule has 0 atom stereocenters. The van der Waals surface area contributed by atoms with Crippen molar-refractivity contribution in [2.24, 2.45) is 0 Å². The quantitative estimate of drug-likeness (QED) is 0.336. The number of methoxy groups -OCH3 is 2. The lowest BCUT2D eigenvalue weighted by Crippen LogP contribution is -2.39. The van der Waals surface area contributed by atoms with Gasteiger partial charge in [-0.3, -0.25) is 13.9 Å². The number of hydrogen-bond acceptors (Lipinski definition) is 6. The zero-order chi connectivity index (χ0) is 31.2. The van der Waals surface area contributed by atoms with Gasteiger partial charge in [-0.25, -0.2) is 8.42 Å². The van der Waals surface area contributed by atoms with Crippen LogP contribution in [0.15, 0.2) is 71.6 Å². The molecule has 1 saturated heterocycles. The van der Waals surface area contributed by atoms with E-state index in [4.69, 9.17) is 9.47 Å². The summed E-state index contributed by atoms with van der Waals surface area (Å²) in [4.78, 5) is 28.1. The average molecular weight is 620 g/mol. The van der Waals surface area contributed by atoms with Crippen LogP contribution in [0.4, 0.5) is 24.5 Å². The molecule has 230 valence electrons. The van der Waals surface area contributed by atoms with Crippen molar-refractivity contribution in [3.63, 3.8) is 0 Å². The van der Waals surface area contributed by atoms with Crippen molar-refractivity contribution >= 4 is 33.2 Å². The fourth-order valence-corrected chi connectivity index (χ4v) is 6.23. The largest absolute Gasteiger partial charge is 0.493 e. The van der Waals surface area contributed by atoms with Crippen LogP contribution in [0.3, 0.4) is 0 Å². The number of nitrogens with zero attached hydrogens (tertiary/aromatic N) is 2. The van der Waals surface area contributed by atoms with Gasteiger partial charge < -0.3 is 19.7 Å². The zero-order valence-electron chi connectivity index (χ0n) is 23.7. The molecule has 4 rings (SSSR count). The molecule has 0 aromatic heterocycles. The Labute approximate surface area is 248 Å². The van der Waals surface area contributed by atoms with Crippen molar-refractivity contribution in [2.75, 3.05) is 43.5 Å². The molecule has 9 nitrogen and oxygen atoms in total. The van der Waals surface area contributed by atoms with Crippen LogP contribution in [-0.2, 0) is 21.0 Å². The maximum atomic E-state index is 13.9. The Kier molecular flexibility index (Phi) is 9.84. The second-order valence-electron chi connectivity index (χ2n) is 9.88. The van der Waals surface area contributed by atoms with E-state index in [2.05, 4.69) is 5.32 Å². The van der Waals surface area contributed by atoms with Crippen molar-refractivity contribution < 1.29 is 40.7 Å². The highest BCUT2D eigenvalue weighted by Gasteiger charge is 2.34. The zero-order valence-corrected chi connectivity index (χ0v) is 24.5. The fourth-order valence-electron chi connectivity index (χ4n) is 4.80. The summed E-state index contributed by atoms with van der Waals surface area (Å²) in [7, 11) is -1.95. The maximum Gasteiger partial charge on any atom is 0.416 e. The van der Waals surface area contributed by atoms with Crippen LogP contribution in [0, 0.1) is 0 Å². The molecule has 0 bridgehead atoms. The number of amides is 2. The van der Waals surface area contributed by atoms with Crippen LogP contribution >= 0.6 is 0 Å². The molecule has 0 unspecified atom stereocenters. The summed E-state index contributed by atoms with van der Waals surface area (Å²) < 4.78 is 79.4. The molecule has 0 radical (unpaired) electrons. The highest BCUT2D eigenvalue weighted by molar-refractivity contribution is 7.92. The Morgan fingerprint density at radius 3 is 2.21 bits per heavy atom. The molecule has 0 aliphatic carbocycles. The van der Waals surface area contributed by atoms with Crippen LogP contribution in [0.1, 0.15) is 41.6 Å². The summed E-state index contributed by atoms with van der Waals surface area (Å²) in [5, 5.41) is 2.60. The lowest BCUT2D eigenvalue weighted by molar-refractivity contribution is -0.137. The van der Waals surface area contributed by atoms with E-state index in [1.807, 2.05) is 0 Å². The second kappa shape index (κ2) is 13.4. The number of nitrogens with one attached hydrogen (secondary N) is 1. The number of likely N-dealkylation sites (tertiary alicyclic amines) is 1. The normalized spacial score (nSPS) is 14.0. The Hall–Kier alpha value is -4.26. The van der Waals surface area contributed by atoms with Crippen LogP contribution in [0.2, 0.25) is 0 Å². The molecular weight excluding hydrogens is 587 g/mol. The lowest BCUT2D eigenvalue weighted by atomic mass is 10.1. The van der Waals surface area contributed by atoms with E-state index in [0.29, 0.717) is 23.5 Å². The molecule has 1 heterocycles. The van der Waals surface area contributed by atoms with E-state index < -0.39 is 34.2 Å². The van der Waals surface area contributed by atoms with Crippen LogP contribution in [0.5, 0.6) is 11.5 Å². The van der Waals surface area contributed by atoms with E-state index in [-0.39, 0.29) is 39.2 Å². The molecule has 2 amide bonds. The van der Waals surface area contributed by atoms with Gasteiger partial charge in [0, 0.05) is 19.2 Å². The van der Waals surface area contributed by atoms with Gasteiger partial charge in [0.2, 0.25) is 5.91 Å². The van der Waals surface area contributed by atoms with Crippen molar-refractivity contribution in [3.8, 4) is 11.5 Å². The molecule has 13 heteroatoms. The molecule has 0 spiro atoms. The third kappa shape index (κ3) is 7.39. The predicted octanol–water partition coefficient (Wildman–Crippen LogP) is 5.57. The van der Waals surface area contributed by atoms with Crippen LogP contribution in [-0.4, -0.2) is 59.0 Å². The number of carbonyl (C=O) groups excluding carboxylic acids is 2. The molecule has 1 N–H and O–H groups in total. The number of carbonyl (C=O) groups is 2. The minimum Gasteiger partial charge on any atom is -0.493 e. The maximum absolute atomic E-state index is 13.9. The second-order valence-corrected chi connectivity index (χ2v) is 11.7. The summed E-state index contributed by atoms with van der Waals surface area (Å²) in [6.45, 7) is 0.270. The van der Waals surface area contributed by atoms with Crippen molar-refractivity contribution in [1.29, 1.82) is 0 Å². The smallest absolute Gasteiger partial charge is 0.416 e. The first-order valence-electron chi connectivity index (χ1n) is 13.6. The number of benzene rings is 3. The van der Waals surface area contributed by atoms with Gasteiger partial charge in [-0.2, -0.15) is 13.2 Å². The first-order valence-corrected chi connectivity index (χ1v) is 15.0. The molecule has 3 aromatic rings. The average Bonchev–Trinajstić information content (AvgIpc) is 3.29. The van der Waals surface area contributed by atoms with Gasteiger partial charge in [-0.05, 0) is 55.3 Å². The molecule has 1 aliphatic heterocycles. The highest BCUT2D eigenvalue weighted by Crippen LogP contribution is 2.35.